The molecule has 2 heterocycles. The third-order valence-corrected chi connectivity index (χ3v) is 5.12. The number of aromatic nitrogens is 4. The highest BCUT2D eigenvalue weighted by Gasteiger charge is 2.33. The van der Waals surface area contributed by atoms with Gasteiger partial charge in [-0.15, -0.1) is 5.10 Å². The predicted molar refractivity (Wildman–Crippen MR) is 110 cm³/mol. The number of hydrogen-bond donors (Lipinski definition) is 1. The van der Waals surface area contributed by atoms with Crippen molar-refractivity contribution in [1.29, 1.82) is 0 Å². The highest BCUT2D eigenvalue weighted by atomic mass is 35.5. The number of rotatable bonds is 6. The highest BCUT2D eigenvalue weighted by Crippen LogP contribution is 2.35. The summed E-state index contributed by atoms with van der Waals surface area (Å²) in [7, 11) is 0. The number of aliphatic carboxylic acids is 1. The first-order chi connectivity index (χ1) is 15.1. The summed E-state index contributed by atoms with van der Waals surface area (Å²) in [5.41, 5.74) is 0.870. The third-order valence-electron chi connectivity index (χ3n) is 4.79. The summed E-state index contributed by atoms with van der Waals surface area (Å²) in [4.78, 5) is 12.0. The number of hydrogen-bond acceptors (Lipinski definition) is 4. The van der Waals surface area contributed by atoms with Gasteiger partial charge < -0.3 is 14.4 Å². The van der Waals surface area contributed by atoms with Crippen LogP contribution < -0.4 is 4.74 Å². The van der Waals surface area contributed by atoms with E-state index in [0.717, 1.165) is 27.8 Å². The van der Waals surface area contributed by atoms with Crippen LogP contribution in [-0.2, 0) is 24.1 Å². The molecule has 0 atom stereocenters. The summed E-state index contributed by atoms with van der Waals surface area (Å²) in [6.45, 7) is 1.58. The first kappa shape index (κ1) is 21.7. The number of fused-ring (bicyclic) bond motifs is 1. The third kappa shape index (κ3) is 4.40. The molecule has 0 unspecified atom stereocenters. The van der Waals surface area contributed by atoms with E-state index in [0.29, 0.717) is 17.1 Å². The van der Waals surface area contributed by atoms with Crippen LogP contribution in [0.4, 0.5) is 13.2 Å². The van der Waals surface area contributed by atoms with E-state index >= 15 is 0 Å². The van der Waals surface area contributed by atoms with E-state index < -0.39 is 22.7 Å². The molecule has 0 saturated carbocycles. The van der Waals surface area contributed by atoms with Crippen LogP contribution in [0.3, 0.4) is 0 Å². The zero-order valence-electron chi connectivity index (χ0n) is 16.6. The number of carbonyl (C=O) groups is 1. The molecule has 2 aromatic carbocycles. The molecule has 2 aromatic heterocycles. The van der Waals surface area contributed by atoms with Gasteiger partial charge in [-0.25, -0.2) is 0 Å². The molecule has 11 heteroatoms. The van der Waals surface area contributed by atoms with Crippen LogP contribution in [0.5, 0.6) is 5.75 Å². The minimum absolute atomic E-state index is 0.0485. The number of carboxylic acid groups (broad SMARTS) is 1. The lowest BCUT2D eigenvalue weighted by atomic mass is 10.2. The zero-order chi connectivity index (χ0) is 23.0. The Morgan fingerprint density at radius 1 is 1.16 bits per heavy atom. The molecule has 0 bridgehead atoms. The highest BCUT2D eigenvalue weighted by molar-refractivity contribution is 6.31. The molecule has 0 spiro atoms. The van der Waals surface area contributed by atoms with Crippen molar-refractivity contribution >= 4 is 28.5 Å². The van der Waals surface area contributed by atoms with Crippen molar-refractivity contribution in [2.24, 2.45) is 0 Å². The molecule has 0 aliphatic rings. The van der Waals surface area contributed by atoms with Crippen molar-refractivity contribution in [3.63, 3.8) is 0 Å². The summed E-state index contributed by atoms with van der Waals surface area (Å²) in [6.07, 6.45) is -2.91. The zero-order valence-corrected chi connectivity index (χ0v) is 17.4. The van der Waals surface area contributed by atoms with E-state index in [2.05, 4.69) is 10.2 Å². The number of carboxylic acids is 1. The lowest BCUT2D eigenvalue weighted by Gasteiger charge is -2.10. The van der Waals surface area contributed by atoms with Gasteiger partial charge in [-0.05, 0) is 49.4 Å². The molecular weight excluding hydrogens is 449 g/mol. The predicted octanol–water partition coefficient (Wildman–Crippen LogP) is 4.87. The lowest BCUT2D eigenvalue weighted by Crippen LogP contribution is -2.08. The number of benzene rings is 2. The molecule has 0 amide bonds. The Hall–Kier alpha value is -3.53. The largest absolute Gasteiger partial charge is 0.487 e. The van der Waals surface area contributed by atoms with Crippen LogP contribution in [0.1, 0.15) is 17.0 Å². The van der Waals surface area contributed by atoms with Crippen molar-refractivity contribution < 1.29 is 27.8 Å². The van der Waals surface area contributed by atoms with E-state index in [-0.39, 0.29) is 18.8 Å². The number of ether oxygens (including phenoxy) is 1. The number of alkyl halides is 3. The SMILES string of the molecule is Cc1nn(-c2ccc(Cl)c(C(F)(F)F)c2)nc1COc1ccc2c(ccn2CC(=O)O)c1. The molecular formula is C21H16ClF3N4O3. The van der Waals surface area contributed by atoms with Crippen LogP contribution in [0.2, 0.25) is 5.02 Å². The van der Waals surface area contributed by atoms with E-state index in [1.54, 1.807) is 42.0 Å². The van der Waals surface area contributed by atoms with Gasteiger partial charge in [-0.3, -0.25) is 4.79 Å². The van der Waals surface area contributed by atoms with E-state index in [1.165, 1.54) is 6.07 Å². The Morgan fingerprint density at radius 2 is 1.94 bits per heavy atom. The van der Waals surface area contributed by atoms with E-state index in [4.69, 9.17) is 21.4 Å². The van der Waals surface area contributed by atoms with Crippen molar-refractivity contribution in [3.05, 3.63) is 70.6 Å². The second-order valence-electron chi connectivity index (χ2n) is 7.03. The Balaban J connectivity index is 1.53. The fourth-order valence-corrected chi connectivity index (χ4v) is 3.44. The minimum atomic E-state index is -4.59. The van der Waals surface area contributed by atoms with Gasteiger partial charge in [0.1, 0.15) is 24.6 Å². The molecule has 0 aliphatic carbocycles. The van der Waals surface area contributed by atoms with Gasteiger partial charge in [-0.2, -0.15) is 23.1 Å². The van der Waals surface area contributed by atoms with Gasteiger partial charge in [0.05, 0.1) is 22.0 Å². The molecule has 166 valence electrons. The average Bonchev–Trinajstić information content (AvgIpc) is 3.28. The second kappa shape index (κ2) is 8.19. The molecule has 32 heavy (non-hydrogen) atoms. The number of nitrogens with zero attached hydrogens (tertiary/aromatic N) is 4. The Morgan fingerprint density at radius 3 is 2.66 bits per heavy atom. The maximum absolute atomic E-state index is 13.1. The van der Waals surface area contributed by atoms with Gasteiger partial charge in [0.15, 0.2) is 0 Å². The number of halogens is 4. The first-order valence-corrected chi connectivity index (χ1v) is 9.73. The monoisotopic (exact) mass is 464 g/mol. The van der Waals surface area contributed by atoms with Crippen molar-refractivity contribution in [2.45, 2.75) is 26.3 Å². The van der Waals surface area contributed by atoms with Gasteiger partial charge in [0, 0.05) is 17.1 Å². The molecule has 4 aromatic rings. The summed E-state index contributed by atoms with van der Waals surface area (Å²) < 4.78 is 46.8. The van der Waals surface area contributed by atoms with Gasteiger partial charge >= 0.3 is 12.1 Å². The van der Waals surface area contributed by atoms with Crippen LogP contribution >= 0.6 is 11.6 Å². The molecule has 0 fully saturated rings. The molecule has 0 aliphatic heterocycles. The van der Waals surface area contributed by atoms with Gasteiger partial charge in [0.25, 0.3) is 0 Å². The summed E-state index contributed by atoms with van der Waals surface area (Å²) in [5, 5.41) is 17.8. The maximum atomic E-state index is 13.1. The Kier molecular flexibility index (Phi) is 5.55. The van der Waals surface area contributed by atoms with E-state index in [9.17, 15) is 18.0 Å². The maximum Gasteiger partial charge on any atom is 0.417 e. The summed E-state index contributed by atoms with van der Waals surface area (Å²) >= 11 is 5.67. The summed E-state index contributed by atoms with van der Waals surface area (Å²) in [5.74, 6) is -0.408. The smallest absolute Gasteiger partial charge is 0.417 e. The minimum Gasteiger partial charge on any atom is -0.487 e. The topological polar surface area (TPSA) is 82.2 Å². The quantitative estimate of drug-likeness (QED) is 0.440. The lowest BCUT2D eigenvalue weighted by molar-refractivity contribution is -0.138. The molecule has 0 radical (unpaired) electrons. The molecule has 0 saturated heterocycles. The average molecular weight is 465 g/mol. The Bertz CT molecular complexity index is 1310. The number of aryl methyl sites for hydroxylation is 1. The molecule has 7 nitrogen and oxygen atoms in total. The fourth-order valence-electron chi connectivity index (χ4n) is 3.22. The Labute approximate surface area is 184 Å². The normalized spacial score (nSPS) is 11.8. The standard InChI is InChI=1S/C21H16ClF3N4O3/c1-12-18(27-29(26-12)14-2-4-17(22)16(9-14)21(23,24)25)11-32-15-3-5-19-13(8-15)6-7-28(19)10-20(30)31/h2-9H,10-11H2,1H3,(H,30,31). The fraction of sp³-hybridized carbons (Fsp3) is 0.190. The van der Waals surface area contributed by atoms with Crippen molar-refractivity contribution in [1.82, 2.24) is 19.6 Å². The van der Waals surface area contributed by atoms with Crippen LogP contribution in [0.15, 0.2) is 48.7 Å². The van der Waals surface area contributed by atoms with Crippen molar-refractivity contribution in [3.8, 4) is 11.4 Å². The first-order valence-electron chi connectivity index (χ1n) is 9.35. The van der Waals surface area contributed by atoms with Gasteiger partial charge in [0.2, 0.25) is 0 Å². The molecule has 4 rings (SSSR count). The van der Waals surface area contributed by atoms with Crippen molar-refractivity contribution in [2.75, 3.05) is 0 Å². The van der Waals surface area contributed by atoms with E-state index in [1.807, 2.05) is 0 Å². The van der Waals surface area contributed by atoms with Crippen LogP contribution in [-0.4, -0.2) is 30.6 Å². The summed E-state index contributed by atoms with van der Waals surface area (Å²) in [6, 6.07) is 10.5. The molecule has 1 N–H and O–H groups in total. The second-order valence-corrected chi connectivity index (χ2v) is 7.44. The van der Waals surface area contributed by atoms with Crippen LogP contribution in [0.25, 0.3) is 16.6 Å². The van der Waals surface area contributed by atoms with Gasteiger partial charge in [-0.1, -0.05) is 11.6 Å². The van der Waals surface area contributed by atoms with Crippen LogP contribution in [0, 0.1) is 6.92 Å².